The summed E-state index contributed by atoms with van der Waals surface area (Å²) in [5.41, 5.74) is 0.276. The van der Waals surface area contributed by atoms with Gasteiger partial charge in [-0.05, 0) is 42.4 Å². The molecule has 26 heavy (non-hydrogen) atoms. The van der Waals surface area contributed by atoms with Gasteiger partial charge in [0.1, 0.15) is 5.82 Å². The summed E-state index contributed by atoms with van der Waals surface area (Å²) in [6.07, 6.45) is 1.54. The molecular weight excluding hydrogens is 361 g/mol. The highest BCUT2D eigenvalue weighted by molar-refractivity contribution is 7.80. The Kier molecular flexibility index (Phi) is 6.14. The number of thiocarbonyl (C=S) groups is 1. The molecule has 0 spiro atoms. The Hall–Kier alpha value is -2.68. The van der Waals surface area contributed by atoms with Crippen LogP contribution in [0.15, 0.2) is 29.3 Å². The van der Waals surface area contributed by atoms with Gasteiger partial charge >= 0.3 is 0 Å². The first kappa shape index (κ1) is 19.6. The molecule has 0 aromatic heterocycles. The Balaban J connectivity index is 2.30. The van der Waals surface area contributed by atoms with E-state index in [1.807, 2.05) is 0 Å². The van der Waals surface area contributed by atoms with E-state index < -0.39 is 35.6 Å². The Labute approximate surface area is 154 Å². The number of hydrogen-bond donors (Lipinski definition) is 1. The van der Waals surface area contributed by atoms with Gasteiger partial charge in [0.25, 0.3) is 5.91 Å². The summed E-state index contributed by atoms with van der Waals surface area (Å²) in [5.74, 6) is -4.95. The van der Waals surface area contributed by atoms with Crippen molar-refractivity contribution in [1.82, 2.24) is 5.32 Å². The second-order valence-corrected chi connectivity index (χ2v) is 6.26. The molecule has 1 fully saturated rings. The third kappa shape index (κ3) is 4.10. The van der Waals surface area contributed by atoms with E-state index in [1.165, 1.54) is 12.1 Å². The van der Waals surface area contributed by atoms with E-state index in [2.05, 4.69) is 10.3 Å². The number of hydrogen-bond acceptors (Lipinski definition) is 6. The van der Waals surface area contributed by atoms with Crippen molar-refractivity contribution in [2.45, 2.75) is 26.3 Å². The smallest absolute Gasteiger partial charge is 0.251 e. The fourth-order valence-electron chi connectivity index (χ4n) is 2.40. The minimum absolute atomic E-state index is 0.144. The molecule has 0 radical (unpaired) electrons. The van der Waals surface area contributed by atoms with Crippen molar-refractivity contribution in [1.29, 1.82) is 0 Å². The molecule has 1 heterocycles. The quantitative estimate of drug-likeness (QED) is 0.439. The Morgan fingerprint density at radius 2 is 2.04 bits per heavy atom. The predicted octanol–water partition coefficient (Wildman–Crippen LogP) is 0.425. The predicted molar refractivity (Wildman–Crippen MR) is 94.9 cm³/mol. The maximum absolute atomic E-state index is 13.1. The van der Waals surface area contributed by atoms with E-state index >= 15 is 0 Å². The third-order valence-electron chi connectivity index (χ3n) is 4.11. The highest BCUT2D eigenvalue weighted by atomic mass is 32.1. The van der Waals surface area contributed by atoms with Crippen LogP contribution in [0.2, 0.25) is 0 Å². The Morgan fingerprint density at radius 3 is 2.58 bits per heavy atom. The zero-order valence-electron chi connectivity index (χ0n) is 14.1. The van der Waals surface area contributed by atoms with Crippen molar-refractivity contribution in [2.24, 2.45) is 16.8 Å². The zero-order chi connectivity index (χ0) is 19.4. The molecule has 2 amide bonds. The normalized spacial score (nSPS) is 20.2. The second-order valence-electron chi connectivity index (χ2n) is 5.87. The van der Waals surface area contributed by atoms with Crippen LogP contribution in [0, 0.1) is 17.7 Å². The third-order valence-corrected chi connectivity index (χ3v) is 4.39. The summed E-state index contributed by atoms with van der Waals surface area (Å²) in [6, 6.07) is 3.82. The Bertz CT molecular complexity index is 766. The number of carboxylic acids is 1. The number of aliphatic carboxylic acids is 1. The van der Waals surface area contributed by atoms with Crippen LogP contribution in [0.5, 0.6) is 0 Å². The average Bonchev–Trinajstić information content (AvgIpc) is 2.58. The van der Waals surface area contributed by atoms with E-state index in [0.29, 0.717) is 6.42 Å². The number of halogens is 1. The number of carbonyl (C=O) groups is 3. The molecule has 0 bridgehead atoms. The number of benzene rings is 1. The van der Waals surface area contributed by atoms with E-state index in [-0.39, 0.29) is 16.7 Å². The monoisotopic (exact) mass is 378 g/mol. The minimum atomic E-state index is -1.38. The van der Waals surface area contributed by atoms with Gasteiger partial charge < -0.3 is 15.2 Å². The first-order valence-corrected chi connectivity index (χ1v) is 8.35. The largest absolute Gasteiger partial charge is 0.548 e. The second kappa shape index (κ2) is 8.13. The molecule has 1 aromatic rings. The minimum Gasteiger partial charge on any atom is -0.548 e. The fraction of sp³-hybridized carbons (Fsp3) is 0.353. The van der Waals surface area contributed by atoms with Gasteiger partial charge in [-0.25, -0.2) is 4.39 Å². The number of carbonyl (C=O) groups excluding carboxylic acids is 3. The molecule has 1 unspecified atom stereocenters. The van der Waals surface area contributed by atoms with E-state index in [9.17, 15) is 23.9 Å². The first-order valence-electron chi connectivity index (χ1n) is 7.94. The molecule has 138 valence electrons. The van der Waals surface area contributed by atoms with E-state index in [0.717, 1.165) is 23.2 Å². The highest BCUT2D eigenvalue weighted by Gasteiger charge is 2.38. The van der Waals surface area contributed by atoms with Crippen LogP contribution in [-0.4, -0.2) is 35.2 Å². The summed E-state index contributed by atoms with van der Waals surface area (Å²) in [7, 11) is 0. The molecule has 1 aromatic carbocycles. The molecule has 0 aliphatic carbocycles. The number of amides is 2. The van der Waals surface area contributed by atoms with E-state index in [1.54, 1.807) is 13.8 Å². The van der Waals surface area contributed by atoms with Gasteiger partial charge in [-0.15, -0.1) is 0 Å². The van der Waals surface area contributed by atoms with Crippen LogP contribution in [0.25, 0.3) is 0 Å². The lowest BCUT2D eigenvalue weighted by atomic mass is 9.99. The van der Waals surface area contributed by atoms with Gasteiger partial charge in [0.15, 0.2) is 11.0 Å². The van der Waals surface area contributed by atoms with Gasteiger partial charge in [0.05, 0.1) is 17.7 Å². The maximum Gasteiger partial charge on any atom is 0.251 e. The molecule has 0 saturated carbocycles. The molecule has 9 heteroatoms. The number of nitrogens with one attached hydrogen (secondary N) is 1. The summed E-state index contributed by atoms with van der Waals surface area (Å²) in [4.78, 5) is 41.0. The van der Waals surface area contributed by atoms with Crippen LogP contribution in [-0.2, 0) is 14.4 Å². The molecule has 1 saturated heterocycles. The fourth-order valence-corrected chi connectivity index (χ4v) is 2.69. The van der Waals surface area contributed by atoms with E-state index in [4.69, 9.17) is 12.2 Å². The van der Waals surface area contributed by atoms with Crippen LogP contribution in [0.1, 0.15) is 20.3 Å². The van der Waals surface area contributed by atoms with Crippen molar-refractivity contribution in [3.05, 3.63) is 30.1 Å². The molecule has 7 nitrogen and oxygen atoms in total. The number of nitrogens with zero attached hydrogens (tertiary/aromatic N) is 2. The highest BCUT2D eigenvalue weighted by Crippen LogP contribution is 2.21. The topological polar surface area (TPSA) is 102 Å². The van der Waals surface area contributed by atoms with Crippen LogP contribution >= 0.6 is 12.2 Å². The lowest BCUT2D eigenvalue weighted by molar-refractivity contribution is -0.308. The standard InChI is InChI=1S/C17H18FN3O4S/c1-3-9(2)13(16(24)25)19-8-12-14(22)20-17(26)21(15(12)23)11-6-4-10(18)5-7-11/h4-9,12-13H,3H2,1-2H3,(H,24,25)(H,20,22,26)/p-1/t9-,12?,13-/m0/s1. The molecule has 1 N–H and O–H groups in total. The lowest BCUT2D eigenvalue weighted by Crippen LogP contribution is -2.58. The van der Waals surface area contributed by atoms with Crippen LogP contribution < -0.4 is 15.3 Å². The van der Waals surface area contributed by atoms with Crippen molar-refractivity contribution in [2.75, 3.05) is 4.90 Å². The summed E-state index contributed by atoms with van der Waals surface area (Å²) < 4.78 is 13.1. The first-order chi connectivity index (χ1) is 12.3. The molecule has 2 rings (SSSR count). The Morgan fingerprint density at radius 1 is 1.42 bits per heavy atom. The van der Waals surface area contributed by atoms with Crippen molar-refractivity contribution in [3.63, 3.8) is 0 Å². The molecular formula is C17H17FN3O4S-. The van der Waals surface area contributed by atoms with Crippen LogP contribution in [0.3, 0.4) is 0 Å². The van der Waals surface area contributed by atoms with Gasteiger partial charge in [-0.3, -0.25) is 19.5 Å². The number of carboxylic acid groups (broad SMARTS) is 1. The van der Waals surface area contributed by atoms with Crippen molar-refractivity contribution < 1.29 is 23.9 Å². The van der Waals surface area contributed by atoms with Gasteiger partial charge in [0, 0.05) is 6.21 Å². The van der Waals surface area contributed by atoms with Gasteiger partial charge in [0.2, 0.25) is 5.91 Å². The lowest BCUT2D eigenvalue weighted by Gasteiger charge is -2.31. The number of aliphatic imine (C=N–C) groups is 1. The zero-order valence-corrected chi connectivity index (χ0v) is 15.0. The van der Waals surface area contributed by atoms with Crippen LogP contribution in [0.4, 0.5) is 10.1 Å². The summed E-state index contributed by atoms with van der Waals surface area (Å²) in [6.45, 7) is 3.48. The number of anilines is 1. The molecule has 1 aliphatic heterocycles. The van der Waals surface area contributed by atoms with Crippen molar-refractivity contribution >= 4 is 47.0 Å². The molecule has 3 atom stereocenters. The summed E-state index contributed by atoms with van der Waals surface area (Å²) in [5, 5.41) is 13.5. The maximum atomic E-state index is 13.1. The SMILES string of the molecule is CC[C@H](C)[C@H](N=CC1C(=O)NC(=S)N(c2ccc(F)cc2)C1=O)C(=O)[O-]. The van der Waals surface area contributed by atoms with Gasteiger partial charge in [-0.1, -0.05) is 20.3 Å². The number of rotatable bonds is 6. The summed E-state index contributed by atoms with van der Waals surface area (Å²) >= 11 is 5.02. The average molecular weight is 378 g/mol. The van der Waals surface area contributed by atoms with Gasteiger partial charge in [-0.2, -0.15) is 0 Å². The van der Waals surface area contributed by atoms with Crippen molar-refractivity contribution in [3.8, 4) is 0 Å². The molecule has 1 aliphatic rings.